The van der Waals surface area contributed by atoms with E-state index < -0.39 is 0 Å². The van der Waals surface area contributed by atoms with Gasteiger partial charge in [0.05, 0.1) is 18.5 Å². The number of rotatable bonds is 3. The Kier molecular flexibility index (Phi) is 2.60. The summed E-state index contributed by atoms with van der Waals surface area (Å²) in [5.74, 6) is 0.817. The average Bonchev–Trinajstić information content (AvgIpc) is 2.82. The minimum absolute atomic E-state index is 0.417. The Hall–Kier alpha value is -1.55. The second kappa shape index (κ2) is 3.90. The number of hydrogen-bond acceptors (Lipinski definition) is 3. The van der Waals surface area contributed by atoms with Gasteiger partial charge in [0.2, 0.25) is 0 Å². The Labute approximate surface area is 88.7 Å². The van der Waals surface area contributed by atoms with Gasteiger partial charge in [0, 0.05) is 24.4 Å². The number of hydrogen-bond donors (Lipinski definition) is 1. The number of nitrogens with zero attached hydrogens (tertiary/aromatic N) is 2. The Morgan fingerprint density at radius 2 is 2.27 bits per heavy atom. The molecule has 2 rings (SSSR count). The molecule has 4 heteroatoms. The van der Waals surface area contributed by atoms with Crippen LogP contribution in [0.25, 0.3) is 11.1 Å². The highest BCUT2D eigenvalue weighted by Gasteiger charge is 2.13. The van der Waals surface area contributed by atoms with Gasteiger partial charge in [-0.2, -0.15) is 5.10 Å². The maximum absolute atomic E-state index is 5.61. The van der Waals surface area contributed by atoms with Crippen LogP contribution in [0.4, 0.5) is 0 Å². The SMILES string of the molecule is CCc1nn(C)cc1-c1ccoc1CN. The Morgan fingerprint density at radius 3 is 2.93 bits per heavy atom. The summed E-state index contributed by atoms with van der Waals surface area (Å²) in [5.41, 5.74) is 8.86. The molecule has 2 N–H and O–H groups in total. The molecule has 0 saturated carbocycles. The van der Waals surface area contributed by atoms with Gasteiger partial charge in [-0.25, -0.2) is 0 Å². The third-order valence-electron chi connectivity index (χ3n) is 2.46. The topological polar surface area (TPSA) is 57.0 Å². The molecular weight excluding hydrogens is 190 g/mol. The Balaban J connectivity index is 2.52. The van der Waals surface area contributed by atoms with E-state index in [9.17, 15) is 0 Å². The third kappa shape index (κ3) is 1.68. The summed E-state index contributed by atoms with van der Waals surface area (Å²) in [6.07, 6.45) is 4.58. The van der Waals surface area contributed by atoms with Gasteiger partial charge in [-0.15, -0.1) is 0 Å². The molecule has 4 nitrogen and oxygen atoms in total. The zero-order valence-electron chi connectivity index (χ0n) is 9.03. The summed E-state index contributed by atoms with van der Waals surface area (Å²) in [7, 11) is 1.92. The predicted octanol–water partition coefficient (Wildman–Crippen LogP) is 1.70. The minimum atomic E-state index is 0.417. The third-order valence-corrected chi connectivity index (χ3v) is 2.46. The van der Waals surface area contributed by atoms with Crippen molar-refractivity contribution in [1.29, 1.82) is 0 Å². The molecule has 15 heavy (non-hydrogen) atoms. The minimum Gasteiger partial charge on any atom is -0.467 e. The van der Waals surface area contributed by atoms with Crippen molar-refractivity contribution in [3.63, 3.8) is 0 Å². The second-order valence-corrected chi connectivity index (χ2v) is 3.48. The predicted molar refractivity (Wildman–Crippen MR) is 58.2 cm³/mol. The summed E-state index contributed by atoms with van der Waals surface area (Å²) in [6, 6.07) is 1.94. The number of aromatic nitrogens is 2. The van der Waals surface area contributed by atoms with Gasteiger partial charge in [0.25, 0.3) is 0 Å². The molecular formula is C11H15N3O. The zero-order valence-corrected chi connectivity index (χ0v) is 9.03. The number of nitrogens with two attached hydrogens (primary N) is 1. The van der Waals surface area contributed by atoms with E-state index >= 15 is 0 Å². The molecule has 0 amide bonds. The number of aryl methyl sites for hydroxylation is 2. The summed E-state index contributed by atoms with van der Waals surface area (Å²) < 4.78 is 7.14. The van der Waals surface area contributed by atoms with Crippen LogP contribution in [0.3, 0.4) is 0 Å². The van der Waals surface area contributed by atoms with Crippen molar-refractivity contribution in [3.8, 4) is 11.1 Å². The van der Waals surface area contributed by atoms with Gasteiger partial charge in [-0.05, 0) is 12.5 Å². The summed E-state index contributed by atoms with van der Waals surface area (Å²) in [6.45, 7) is 2.51. The van der Waals surface area contributed by atoms with Crippen LogP contribution in [0.15, 0.2) is 22.9 Å². The fourth-order valence-corrected chi connectivity index (χ4v) is 1.76. The van der Waals surface area contributed by atoms with Crippen molar-refractivity contribution in [2.45, 2.75) is 19.9 Å². The first-order valence-corrected chi connectivity index (χ1v) is 5.05. The molecule has 0 atom stereocenters. The first kappa shape index (κ1) is 9.98. The lowest BCUT2D eigenvalue weighted by atomic mass is 10.1. The van der Waals surface area contributed by atoms with E-state index in [4.69, 9.17) is 10.2 Å². The molecule has 0 radical (unpaired) electrons. The molecule has 0 fully saturated rings. The molecule has 0 unspecified atom stereocenters. The summed E-state index contributed by atoms with van der Waals surface area (Å²) in [5, 5.41) is 4.39. The highest BCUT2D eigenvalue weighted by atomic mass is 16.3. The highest BCUT2D eigenvalue weighted by Crippen LogP contribution is 2.27. The maximum atomic E-state index is 5.61. The van der Waals surface area contributed by atoms with E-state index in [1.807, 2.05) is 24.0 Å². The van der Waals surface area contributed by atoms with E-state index in [1.165, 1.54) is 0 Å². The van der Waals surface area contributed by atoms with E-state index in [-0.39, 0.29) is 0 Å². The maximum Gasteiger partial charge on any atom is 0.125 e. The van der Waals surface area contributed by atoms with Crippen LogP contribution in [-0.4, -0.2) is 9.78 Å². The monoisotopic (exact) mass is 205 g/mol. The molecule has 2 aromatic heterocycles. The van der Waals surface area contributed by atoms with Crippen molar-refractivity contribution >= 4 is 0 Å². The van der Waals surface area contributed by atoms with Gasteiger partial charge in [0.1, 0.15) is 5.76 Å². The molecule has 0 saturated heterocycles. The fourth-order valence-electron chi connectivity index (χ4n) is 1.76. The highest BCUT2D eigenvalue weighted by molar-refractivity contribution is 5.67. The lowest BCUT2D eigenvalue weighted by molar-refractivity contribution is 0.513. The van der Waals surface area contributed by atoms with Gasteiger partial charge in [0.15, 0.2) is 0 Å². The lowest BCUT2D eigenvalue weighted by Gasteiger charge is -1.98. The van der Waals surface area contributed by atoms with E-state index in [2.05, 4.69) is 12.0 Å². The molecule has 2 heterocycles. The number of furan rings is 1. The van der Waals surface area contributed by atoms with Crippen molar-refractivity contribution in [2.75, 3.05) is 0 Å². The van der Waals surface area contributed by atoms with E-state index in [0.29, 0.717) is 6.54 Å². The van der Waals surface area contributed by atoms with Gasteiger partial charge < -0.3 is 10.2 Å². The normalized spacial score (nSPS) is 10.9. The van der Waals surface area contributed by atoms with Crippen LogP contribution in [-0.2, 0) is 20.0 Å². The molecule has 0 spiro atoms. The van der Waals surface area contributed by atoms with Crippen molar-refractivity contribution < 1.29 is 4.42 Å². The summed E-state index contributed by atoms with van der Waals surface area (Å²) >= 11 is 0. The first-order chi connectivity index (χ1) is 7.26. The van der Waals surface area contributed by atoms with Crippen LogP contribution >= 0.6 is 0 Å². The van der Waals surface area contributed by atoms with Crippen molar-refractivity contribution in [2.24, 2.45) is 12.8 Å². The lowest BCUT2D eigenvalue weighted by Crippen LogP contribution is -1.96. The molecule has 2 aromatic rings. The van der Waals surface area contributed by atoms with Crippen LogP contribution in [0.1, 0.15) is 18.4 Å². The first-order valence-electron chi connectivity index (χ1n) is 5.05. The Morgan fingerprint density at radius 1 is 1.47 bits per heavy atom. The van der Waals surface area contributed by atoms with Crippen LogP contribution in [0.5, 0.6) is 0 Å². The molecule has 0 aliphatic carbocycles. The Bertz CT molecular complexity index is 456. The molecule has 0 aromatic carbocycles. The second-order valence-electron chi connectivity index (χ2n) is 3.48. The molecule has 0 bridgehead atoms. The van der Waals surface area contributed by atoms with Crippen LogP contribution < -0.4 is 5.73 Å². The van der Waals surface area contributed by atoms with Crippen LogP contribution in [0.2, 0.25) is 0 Å². The van der Waals surface area contributed by atoms with Gasteiger partial charge in [-0.3, -0.25) is 4.68 Å². The molecule has 80 valence electrons. The van der Waals surface area contributed by atoms with Gasteiger partial charge in [-0.1, -0.05) is 6.92 Å². The van der Waals surface area contributed by atoms with Gasteiger partial charge >= 0.3 is 0 Å². The van der Waals surface area contributed by atoms with Crippen LogP contribution in [0, 0.1) is 0 Å². The molecule has 0 aliphatic heterocycles. The smallest absolute Gasteiger partial charge is 0.125 e. The van der Waals surface area contributed by atoms with E-state index in [0.717, 1.165) is 29.0 Å². The largest absolute Gasteiger partial charge is 0.467 e. The quantitative estimate of drug-likeness (QED) is 0.829. The van der Waals surface area contributed by atoms with Crippen molar-refractivity contribution in [3.05, 3.63) is 30.0 Å². The van der Waals surface area contributed by atoms with Crippen molar-refractivity contribution in [1.82, 2.24) is 9.78 Å². The average molecular weight is 205 g/mol. The fraction of sp³-hybridized carbons (Fsp3) is 0.364. The standard InChI is InChI=1S/C11H15N3O/c1-3-10-9(7-14(2)13-10)8-4-5-15-11(8)6-12/h4-5,7H,3,6,12H2,1-2H3. The zero-order chi connectivity index (χ0) is 10.8. The molecule has 0 aliphatic rings. The summed E-state index contributed by atoms with van der Waals surface area (Å²) in [4.78, 5) is 0. The van der Waals surface area contributed by atoms with E-state index in [1.54, 1.807) is 6.26 Å².